The highest BCUT2D eigenvalue weighted by atomic mass is 19.1. The summed E-state index contributed by atoms with van der Waals surface area (Å²) in [4.78, 5) is 30.3. The molecule has 2 aromatic heterocycles. The van der Waals surface area contributed by atoms with Gasteiger partial charge in [0.05, 0.1) is 24.1 Å². The van der Waals surface area contributed by atoms with E-state index in [0.717, 1.165) is 17.0 Å². The molecular formula is C24H27FN6O4. The van der Waals surface area contributed by atoms with Gasteiger partial charge in [0, 0.05) is 56.4 Å². The molecule has 3 N–H and O–H groups in total. The van der Waals surface area contributed by atoms with E-state index in [2.05, 4.69) is 20.7 Å². The number of anilines is 2. The second-order valence-electron chi connectivity index (χ2n) is 9.71. The van der Waals surface area contributed by atoms with Crippen LogP contribution in [0.5, 0.6) is 5.75 Å². The number of nitrogens with zero attached hydrogens (tertiary/aromatic N) is 4. The van der Waals surface area contributed by atoms with Crippen LogP contribution in [0, 0.1) is 0 Å². The molecule has 1 fully saturated rings. The van der Waals surface area contributed by atoms with Crippen molar-refractivity contribution >= 4 is 29.0 Å². The predicted octanol–water partition coefficient (Wildman–Crippen LogP) is 3.27. The van der Waals surface area contributed by atoms with E-state index < -0.39 is 11.8 Å². The van der Waals surface area contributed by atoms with E-state index in [1.165, 1.54) is 10.7 Å². The van der Waals surface area contributed by atoms with Crippen LogP contribution in [-0.4, -0.2) is 62.6 Å². The first-order chi connectivity index (χ1) is 16.6. The maximum absolute atomic E-state index is 15.1. The maximum Gasteiger partial charge on any atom is 0.404 e. The fourth-order valence-corrected chi connectivity index (χ4v) is 4.74. The SMILES string of the molecule is CC1(C)Cc2cc(NC(=O)c3cnn4cccnc34)c(N3CCC(F)(CNC(=O)O)CC3)cc2O1. The van der Waals surface area contributed by atoms with E-state index >= 15 is 4.39 Å². The first-order valence-corrected chi connectivity index (χ1v) is 11.5. The Hall–Kier alpha value is -3.89. The lowest BCUT2D eigenvalue weighted by atomic mass is 9.92. The van der Waals surface area contributed by atoms with E-state index in [-0.39, 0.29) is 30.9 Å². The second kappa shape index (κ2) is 8.40. The van der Waals surface area contributed by atoms with Crippen LogP contribution in [0.15, 0.2) is 36.8 Å². The number of halogens is 1. The number of amides is 2. The van der Waals surface area contributed by atoms with Crippen molar-refractivity contribution in [3.63, 3.8) is 0 Å². The van der Waals surface area contributed by atoms with Crippen molar-refractivity contribution in [2.75, 3.05) is 29.9 Å². The summed E-state index contributed by atoms with van der Waals surface area (Å²) >= 11 is 0. The number of carbonyl (C=O) groups is 2. The molecule has 10 nitrogen and oxygen atoms in total. The molecule has 0 aliphatic carbocycles. The fraction of sp³-hybridized carbons (Fsp3) is 0.417. The molecule has 1 saturated heterocycles. The third-order valence-electron chi connectivity index (χ3n) is 6.51. The van der Waals surface area contributed by atoms with Crippen LogP contribution in [0.4, 0.5) is 20.6 Å². The molecule has 2 amide bonds. The quantitative estimate of drug-likeness (QED) is 0.510. The summed E-state index contributed by atoms with van der Waals surface area (Å²) in [6.07, 6.45) is 4.56. The number of carboxylic acid groups (broad SMARTS) is 1. The first-order valence-electron chi connectivity index (χ1n) is 11.5. The van der Waals surface area contributed by atoms with Gasteiger partial charge in [-0.15, -0.1) is 0 Å². The fourth-order valence-electron chi connectivity index (χ4n) is 4.74. The summed E-state index contributed by atoms with van der Waals surface area (Å²) in [6.45, 7) is 4.48. The molecule has 0 unspecified atom stereocenters. The Morgan fingerprint density at radius 2 is 2.03 bits per heavy atom. The lowest BCUT2D eigenvalue weighted by Gasteiger charge is -2.38. The number of carbonyl (C=O) groups excluding carboxylic acids is 1. The van der Waals surface area contributed by atoms with Gasteiger partial charge in [-0.25, -0.2) is 18.7 Å². The van der Waals surface area contributed by atoms with Crippen LogP contribution in [0.25, 0.3) is 5.65 Å². The first kappa shape index (κ1) is 22.9. The normalized spacial score (nSPS) is 18.1. The van der Waals surface area contributed by atoms with Gasteiger partial charge in [-0.1, -0.05) is 0 Å². The summed E-state index contributed by atoms with van der Waals surface area (Å²) in [5.41, 5.74) is 1.11. The van der Waals surface area contributed by atoms with E-state index in [9.17, 15) is 9.59 Å². The van der Waals surface area contributed by atoms with Gasteiger partial charge in [0.1, 0.15) is 22.6 Å². The molecule has 3 aromatic rings. The van der Waals surface area contributed by atoms with Crippen molar-refractivity contribution in [3.8, 4) is 5.75 Å². The van der Waals surface area contributed by atoms with Gasteiger partial charge in [-0.3, -0.25) is 4.79 Å². The average molecular weight is 483 g/mol. The highest BCUT2D eigenvalue weighted by molar-refractivity contribution is 6.09. The predicted molar refractivity (Wildman–Crippen MR) is 127 cm³/mol. The monoisotopic (exact) mass is 482 g/mol. The Labute approximate surface area is 201 Å². The summed E-state index contributed by atoms with van der Waals surface area (Å²) < 4.78 is 22.8. The topological polar surface area (TPSA) is 121 Å². The van der Waals surface area contributed by atoms with E-state index in [1.54, 1.807) is 18.5 Å². The molecule has 11 heteroatoms. The van der Waals surface area contributed by atoms with Crippen molar-refractivity contribution in [2.45, 2.75) is 44.4 Å². The van der Waals surface area contributed by atoms with Crippen molar-refractivity contribution in [3.05, 3.63) is 47.9 Å². The number of alkyl halides is 1. The van der Waals surface area contributed by atoms with Crippen molar-refractivity contribution < 1.29 is 23.8 Å². The number of fused-ring (bicyclic) bond motifs is 2. The number of nitrogens with one attached hydrogen (secondary N) is 2. The van der Waals surface area contributed by atoms with E-state index in [0.29, 0.717) is 36.4 Å². The van der Waals surface area contributed by atoms with Gasteiger partial charge in [0.25, 0.3) is 5.91 Å². The van der Waals surface area contributed by atoms with Gasteiger partial charge in [0.15, 0.2) is 5.65 Å². The van der Waals surface area contributed by atoms with Gasteiger partial charge < -0.3 is 25.4 Å². The molecule has 35 heavy (non-hydrogen) atoms. The number of benzene rings is 1. The van der Waals surface area contributed by atoms with Crippen LogP contribution in [0.2, 0.25) is 0 Å². The Balaban J connectivity index is 1.43. The Morgan fingerprint density at radius 1 is 1.26 bits per heavy atom. The Morgan fingerprint density at radius 3 is 2.77 bits per heavy atom. The van der Waals surface area contributed by atoms with Crippen LogP contribution in [-0.2, 0) is 6.42 Å². The number of hydrogen-bond donors (Lipinski definition) is 3. The number of aromatic nitrogens is 3. The minimum atomic E-state index is -1.61. The number of piperidine rings is 1. The molecule has 2 aliphatic rings. The van der Waals surface area contributed by atoms with Crippen LogP contribution in [0.3, 0.4) is 0 Å². The molecule has 0 spiro atoms. The summed E-state index contributed by atoms with van der Waals surface area (Å²) in [6, 6.07) is 5.55. The van der Waals surface area contributed by atoms with Gasteiger partial charge in [-0.2, -0.15) is 5.10 Å². The minimum Gasteiger partial charge on any atom is -0.487 e. The minimum absolute atomic E-state index is 0.155. The van der Waals surface area contributed by atoms with E-state index in [4.69, 9.17) is 9.84 Å². The molecule has 0 saturated carbocycles. The molecule has 2 aliphatic heterocycles. The van der Waals surface area contributed by atoms with Crippen LogP contribution < -0.4 is 20.3 Å². The molecule has 1 aromatic carbocycles. The van der Waals surface area contributed by atoms with Gasteiger partial charge in [-0.05, 0) is 26.0 Å². The number of ether oxygens (including phenoxy) is 1. The largest absolute Gasteiger partial charge is 0.487 e. The maximum atomic E-state index is 15.1. The van der Waals surface area contributed by atoms with Gasteiger partial charge >= 0.3 is 6.09 Å². The third-order valence-corrected chi connectivity index (χ3v) is 6.51. The van der Waals surface area contributed by atoms with E-state index in [1.807, 2.05) is 30.9 Å². The highest BCUT2D eigenvalue weighted by Crippen LogP contribution is 2.43. The van der Waals surface area contributed by atoms with Crippen molar-refractivity contribution in [1.82, 2.24) is 19.9 Å². The summed E-state index contributed by atoms with van der Waals surface area (Å²) in [5.74, 6) is 0.394. The standard InChI is InChI=1S/C24H27FN6O4/c1-23(2)12-15-10-17(29-21(32)16-13-28-31-7-3-6-26-20(16)31)18(11-19(15)35-23)30-8-4-24(25,5-9-30)14-27-22(33)34/h3,6-7,10-11,13,27H,4-5,8-9,12,14H2,1-2H3,(H,29,32)(H,33,34). The lowest BCUT2D eigenvalue weighted by molar-refractivity contribution is 0.102. The van der Waals surface area contributed by atoms with Gasteiger partial charge in [0.2, 0.25) is 0 Å². The zero-order chi connectivity index (χ0) is 24.8. The molecule has 0 atom stereocenters. The summed E-state index contributed by atoms with van der Waals surface area (Å²) in [7, 11) is 0. The highest BCUT2D eigenvalue weighted by Gasteiger charge is 2.37. The summed E-state index contributed by atoms with van der Waals surface area (Å²) in [5, 5.41) is 18.2. The van der Waals surface area contributed by atoms with Crippen molar-refractivity contribution in [2.24, 2.45) is 0 Å². The third kappa shape index (κ3) is 4.58. The Kier molecular flexibility index (Phi) is 5.49. The van der Waals surface area contributed by atoms with Crippen LogP contribution >= 0.6 is 0 Å². The molecular weight excluding hydrogens is 455 g/mol. The molecule has 0 radical (unpaired) electrons. The molecule has 5 rings (SSSR count). The number of rotatable bonds is 5. The Bertz CT molecular complexity index is 1300. The zero-order valence-electron chi connectivity index (χ0n) is 19.5. The number of hydrogen-bond acceptors (Lipinski definition) is 6. The van der Waals surface area contributed by atoms with Crippen LogP contribution in [0.1, 0.15) is 42.6 Å². The average Bonchev–Trinajstić information content (AvgIpc) is 3.37. The second-order valence-corrected chi connectivity index (χ2v) is 9.71. The molecule has 4 heterocycles. The lowest BCUT2D eigenvalue weighted by Crippen LogP contribution is -2.48. The van der Waals surface area contributed by atoms with Crippen molar-refractivity contribution in [1.29, 1.82) is 0 Å². The molecule has 0 bridgehead atoms. The smallest absolute Gasteiger partial charge is 0.404 e. The zero-order valence-corrected chi connectivity index (χ0v) is 19.5. The molecule has 184 valence electrons.